The Morgan fingerprint density at radius 1 is 1.15 bits per heavy atom. The van der Waals surface area contributed by atoms with Crippen molar-refractivity contribution in [2.45, 2.75) is 58.5 Å². The molecule has 0 spiro atoms. The van der Waals surface area contributed by atoms with E-state index in [0.29, 0.717) is 6.10 Å². The highest BCUT2D eigenvalue weighted by Gasteiger charge is 2.17. The molecule has 1 aliphatic carbocycles. The smallest absolute Gasteiger partial charge is 0.126 e. The van der Waals surface area contributed by atoms with Crippen LogP contribution in [0.1, 0.15) is 51.0 Å². The summed E-state index contributed by atoms with van der Waals surface area (Å²) in [5, 5.41) is 3.91. The molecule has 1 saturated carbocycles. The first kappa shape index (κ1) is 15.5. The van der Waals surface area contributed by atoms with Gasteiger partial charge in [0.05, 0.1) is 6.10 Å². The lowest BCUT2D eigenvalue weighted by Gasteiger charge is -2.25. The van der Waals surface area contributed by atoms with Crippen molar-refractivity contribution in [3.05, 3.63) is 22.7 Å². The molecule has 3 heteroatoms. The molecule has 0 aliphatic heterocycles. The largest absolute Gasteiger partial charge is 0.490 e. The van der Waals surface area contributed by atoms with Gasteiger partial charge in [-0.1, -0.05) is 31.4 Å². The minimum Gasteiger partial charge on any atom is -0.490 e. The van der Waals surface area contributed by atoms with Gasteiger partial charge < -0.3 is 10.1 Å². The van der Waals surface area contributed by atoms with E-state index in [1.807, 2.05) is 20.0 Å². The van der Waals surface area contributed by atoms with Crippen molar-refractivity contribution in [3.8, 4) is 5.75 Å². The van der Waals surface area contributed by atoms with Crippen molar-refractivity contribution >= 4 is 17.3 Å². The molecule has 2 unspecified atom stereocenters. The van der Waals surface area contributed by atoms with Crippen LogP contribution in [-0.4, -0.2) is 13.2 Å². The topological polar surface area (TPSA) is 21.3 Å². The summed E-state index contributed by atoms with van der Waals surface area (Å²) in [5.74, 6) is 1.76. The molecular weight excluding hydrogens is 270 g/mol. The quantitative estimate of drug-likeness (QED) is 0.803. The third-order valence-corrected chi connectivity index (χ3v) is 4.73. The molecule has 1 aliphatic rings. The van der Waals surface area contributed by atoms with Crippen molar-refractivity contribution < 1.29 is 4.74 Å². The molecular formula is C17H26ClNO. The lowest BCUT2D eigenvalue weighted by Crippen LogP contribution is -2.20. The van der Waals surface area contributed by atoms with E-state index in [9.17, 15) is 0 Å². The van der Waals surface area contributed by atoms with E-state index in [-0.39, 0.29) is 0 Å². The third kappa shape index (κ3) is 4.05. The number of ether oxygens (including phenoxy) is 1. The van der Waals surface area contributed by atoms with E-state index < -0.39 is 0 Å². The highest BCUT2D eigenvalue weighted by atomic mass is 35.5. The molecule has 2 rings (SSSR count). The summed E-state index contributed by atoms with van der Waals surface area (Å²) in [6, 6.07) is 4.01. The maximum atomic E-state index is 6.28. The molecule has 0 amide bonds. The molecule has 2 atom stereocenters. The zero-order chi connectivity index (χ0) is 14.5. The fraction of sp³-hybridized carbons (Fsp3) is 0.647. The van der Waals surface area contributed by atoms with E-state index >= 15 is 0 Å². The van der Waals surface area contributed by atoms with Gasteiger partial charge in [-0.15, -0.1) is 0 Å². The van der Waals surface area contributed by atoms with Crippen LogP contribution in [0.5, 0.6) is 5.75 Å². The summed E-state index contributed by atoms with van der Waals surface area (Å²) in [4.78, 5) is 0. The lowest BCUT2D eigenvalue weighted by atomic mass is 9.91. The van der Waals surface area contributed by atoms with Crippen LogP contribution in [-0.2, 0) is 0 Å². The Morgan fingerprint density at radius 2 is 1.90 bits per heavy atom. The van der Waals surface area contributed by atoms with Gasteiger partial charge in [0.2, 0.25) is 0 Å². The Bertz CT molecular complexity index is 447. The van der Waals surface area contributed by atoms with E-state index in [2.05, 4.69) is 18.3 Å². The first-order valence-electron chi connectivity index (χ1n) is 7.74. The molecule has 1 fully saturated rings. The zero-order valence-corrected chi connectivity index (χ0v) is 13.6. The minimum absolute atomic E-state index is 0.333. The highest BCUT2D eigenvalue weighted by molar-refractivity contribution is 6.31. The Labute approximate surface area is 127 Å². The Kier molecular flexibility index (Phi) is 5.59. The number of benzene rings is 1. The predicted octanol–water partition coefficient (Wildman–Crippen LogP) is 5.43. The van der Waals surface area contributed by atoms with E-state index in [1.165, 1.54) is 25.7 Å². The second-order valence-corrected chi connectivity index (χ2v) is 6.45. The first-order chi connectivity index (χ1) is 9.60. The summed E-state index contributed by atoms with van der Waals surface area (Å²) in [5.41, 5.74) is 2.05. The molecule has 0 radical (unpaired) electrons. The SMILES string of the molecule is CNc1cc(Cl)c(C)c(OC2CCCCC(C)CC2)c1. The van der Waals surface area contributed by atoms with Crippen LogP contribution in [0.2, 0.25) is 5.02 Å². The fourth-order valence-corrected chi connectivity index (χ4v) is 3.05. The van der Waals surface area contributed by atoms with Crippen LogP contribution in [0.3, 0.4) is 0 Å². The zero-order valence-electron chi connectivity index (χ0n) is 12.8. The van der Waals surface area contributed by atoms with Gasteiger partial charge >= 0.3 is 0 Å². The van der Waals surface area contributed by atoms with Gasteiger partial charge in [0.1, 0.15) is 5.75 Å². The number of hydrogen-bond acceptors (Lipinski definition) is 2. The predicted molar refractivity (Wildman–Crippen MR) is 87.0 cm³/mol. The van der Waals surface area contributed by atoms with Crippen LogP contribution in [0, 0.1) is 12.8 Å². The van der Waals surface area contributed by atoms with Gasteiger partial charge in [-0.25, -0.2) is 0 Å². The Morgan fingerprint density at radius 3 is 2.65 bits per heavy atom. The number of nitrogens with one attached hydrogen (secondary N) is 1. The van der Waals surface area contributed by atoms with Gasteiger partial charge in [-0.2, -0.15) is 0 Å². The molecule has 1 N–H and O–H groups in total. The summed E-state index contributed by atoms with van der Waals surface area (Å²) in [7, 11) is 1.91. The second kappa shape index (κ2) is 7.21. The average Bonchev–Trinajstić information content (AvgIpc) is 2.42. The molecule has 0 aromatic heterocycles. The van der Waals surface area contributed by atoms with Gasteiger partial charge in [0, 0.05) is 29.4 Å². The monoisotopic (exact) mass is 295 g/mol. The number of anilines is 1. The van der Waals surface area contributed by atoms with Crippen LogP contribution < -0.4 is 10.1 Å². The molecule has 0 heterocycles. The van der Waals surface area contributed by atoms with Crippen molar-refractivity contribution in [1.29, 1.82) is 0 Å². The molecule has 1 aromatic rings. The molecule has 20 heavy (non-hydrogen) atoms. The molecule has 2 nitrogen and oxygen atoms in total. The summed E-state index contributed by atoms with van der Waals surface area (Å²) >= 11 is 6.28. The normalized spacial score (nSPS) is 23.8. The Balaban J connectivity index is 2.09. The maximum Gasteiger partial charge on any atom is 0.126 e. The molecule has 0 saturated heterocycles. The number of hydrogen-bond donors (Lipinski definition) is 1. The minimum atomic E-state index is 0.333. The molecule has 0 bridgehead atoms. The molecule has 1 aromatic carbocycles. The maximum absolute atomic E-state index is 6.28. The highest BCUT2D eigenvalue weighted by Crippen LogP contribution is 2.33. The second-order valence-electron chi connectivity index (χ2n) is 6.04. The van der Waals surface area contributed by atoms with Gasteiger partial charge in [0.25, 0.3) is 0 Å². The van der Waals surface area contributed by atoms with Crippen LogP contribution in [0.15, 0.2) is 12.1 Å². The van der Waals surface area contributed by atoms with E-state index in [0.717, 1.165) is 40.8 Å². The lowest BCUT2D eigenvalue weighted by molar-refractivity contribution is 0.156. The Hall–Kier alpha value is -0.890. The van der Waals surface area contributed by atoms with Crippen molar-refractivity contribution in [2.75, 3.05) is 12.4 Å². The fourth-order valence-electron chi connectivity index (χ4n) is 2.84. The van der Waals surface area contributed by atoms with Crippen molar-refractivity contribution in [1.82, 2.24) is 0 Å². The summed E-state index contributed by atoms with van der Waals surface area (Å²) in [6.45, 7) is 4.38. The van der Waals surface area contributed by atoms with Crippen LogP contribution in [0.4, 0.5) is 5.69 Å². The van der Waals surface area contributed by atoms with Crippen molar-refractivity contribution in [2.24, 2.45) is 5.92 Å². The molecule has 112 valence electrons. The first-order valence-corrected chi connectivity index (χ1v) is 8.12. The standard InChI is InChI=1S/C17H26ClNO/c1-12-6-4-5-7-15(9-8-12)20-17-11-14(19-3)10-16(18)13(17)2/h10-12,15,19H,4-9H2,1-3H3. The van der Waals surface area contributed by atoms with Gasteiger partial charge in [-0.3, -0.25) is 0 Å². The number of rotatable bonds is 3. The van der Waals surface area contributed by atoms with Crippen LogP contribution in [0.25, 0.3) is 0 Å². The van der Waals surface area contributed by atoms with Crippen molar-refractivity contribution in [3.63, 3.8) is 0 Å². The summed E-state index contributed by atoms with van der Waals surface area (Å²) in [6.07, 6.45) is 7.88. The van der Waals surface area contributed by atoms with Gasteiger partial charge in [0.15, 0.2) is 0 Å². The van der Waals surface area contributed by atoms with E-state index in [1.54, 1.807) is 0 Å². The van der Waals surface area contributed by atoms with Gasteiger partial charge in [-0.05, 0) is 44.6 Å². The van der Waals surface area contributed by atoms with E-state index in [4.69, 9.17) is 16.3 Å². The summed E-state index contributed by atoms with van der Waals surface area (Å²) < 4.78 is 6.27. The van der Waals surface area contributed by atoms with Crippen LogP contribution >= 0.6 is 11.6 Å². The number of halogens is 1. The average molecular weight is 296 g/mol. The third-order valence-electron chi connectivity index (χ3n) is 4.33.